The molecule has 57 heavy (non-hydrogen) atoms. The molecule has 3 fully saturated rings. The van der Waals surface area contributed by atoms with Crippen LogP contribution in [0, 0.1) is 0 Å². The van der Waals surface area contributed by atoms with Crippen LogP contribution in [0.5, 0.6) is 11.5 Å². The van der Waals surface area contributed by atoms with Gasteiger partial charge in [0.15, 0.2) is 0 Å². The highest BCUT2D eigenvalue weighted by Gasteiger charge is 2.33. The number of hydrogen-bond donors (Lipinski definition) is 3. The number of pyridine rings is 2. The third-order valence-corrected chi connectivity index (χ3v) is 10.4. The third kappa shape index (κ3) is 9.82. The predicted octanol–water partition coefficient (Wildman–Crippen LogP) is 5.25. The first-order valence-electron chi connectivity index (χ1n) is 19.2. The molecule has 4 aromatic rings. The van der Waals surface area contributed by atoms with Gasteiger partial charge in [-0.3, -0.25) is 29.4 Å². The van der Waals surface area contributed by atoms with Gasteiger partial charge in [-0.15, -0.1) is 0 Å². The van der Waals surface area contributed by atoms with Crippen molar-refractivity contribution in [3.63, 3.8) is 0 Å². The Balaban J connectivity index is 0.885. The highest BCUT2D eigenvalue weighted by molar-refractivity contribution is 6.04. The van der Waals surface area contributed by atoms with E-state index >= 15 is 0 Å². The lowest BCUT2D eigenvalue weighted by Gasteiger charge is -2.35. The summed E-state index contributed by atoms with van der Waals surface area (Å²) in [4.78, 5) is 62.2. The van der Waals surface area contributed by atoms with Gasteiger partial charge in [0, 0.05) is 62.4 Å². The molecule has 0 aliphatic carbocycles. The van der Waals surface area contributed by atoms with E-state index in [4.69, 9.17) is 14.5 Å². The minimum absolute atomic E-state index is 0.0168. The number of carbonyl (C=O) groups is 4. The van der Waals surface area contributed by atoms with E-state index in [1.807, 2.05) is 49.2 Å². The SMILES string of the molecule is CC(C)Oc1cc2nc(C3CCN(CC(=O)N4CCC(Oc5ccc(NC6CCC(=O)NC6=O)cc5)CC4)CC3)cn2cc1NC(=O)c1cccc(C(F)(F)F)n1. The average molecular weight is 791 g/mol. The van der Waals surface area contributed by atoms with Crippen LogP contribution in [0.25, 0.3) is 5.65 Å². The lowest BCUT2D eigenvalue weighted by Crippen LogP contribution is -2.47. The van der Waals surface area contributed by atoms with Crippen LogP contribution in [0.1, 0.15) is 80.2 Å². The molecule has 3 saturated heterocycles. The fourth-order valence-electron chi connectivity index (χ4n) is 7.34. The molecule has 302 valence electrons. The topological polar surface area (TPSA) is 160 Å². The number of piperidine rings is 3. The largest absolute Gasteiger partial charge is 0.490 e. The van der Waals surface area contributed by atoms with Gasteiger partial charge in [-0.25, -0.2) is 9.97 Å². The molecule has 0 bridgehead atoms. The van der Waals surface area contributed by atoms with Crippen LogP contribution in [-0.2, 0) is 20.6 Å². The minimum Gasteiger partial charge on any atom is -0.490 e. The Kier molecular flexibility index (Phi) is 11.6. The summed E-state index contributed by atoms with van der Waals surface area (Å²) in [7, 11) is 0. The van der Waals surface area contributed by atoms with Crippen LogP contribution in [-0.4, -0.2) is 98.8 Å². The van der Waals surface area contributed by atoms with Gasteiger partial charge in [0.2, 0.25) is 17.7 Å². The third-order valence-electron chi connectivity index (χ3n) is 10.4. The summed E-state index contributed by atoms with van der Waals surface area (Å²) in [5, 5.41) is 8.17. The number of likely N-dealkylation sites (tertiary alicyclic amines) is 2. The van der Waals surface area contributed by atoms with E-state index in [1.165, 1.54) is 6.07 Å². The Bertz CT molecular complexity index is 2110. The summed E-state index contributed by atoms with van der Waals surface area (Å²) in [6, 6.07) is 11.8. The fourth-order valence-corrected chi connectivity index (χ4v) is 7.34. The van der Waals surface area contributed by atoms with Crippen molar-refractivity contribution >= 4 is 40.7 Å². The minimum atomic E-state index is -4.69. The summed E-state index contributed by atoms with van der Waals surface area (Å²) < 4.78 is 53.6. The fraction of sp³-hybridized carbons (Fsp3) is 0.450. The summed E-state index contributed by atoms with van der Waals surface area (Å²) in [6.45, 7) is 6.66. The van der Waals surface area contributed by atoms with Crippen LogP contribution in [0.4, 0.5) is 24.5 Å². The second-order valence-corrected chi connectivity index (χ2v) is 14.9. The van der Waals surface area contributed by atoms with E-state index in [0.29, 0.717) is 49.6 Å². The van der Waals surface area contributed by atoms with Crippen molar-refractivity contribution < 1.29 is 41.8 Å². The Morgan fingerprint density at radius 2 is 1.68 bits per heavy atom. The molecule has 0 radical (unpaired) electrons. The quantitative estimate of drug-likeness (QED) is 0.171. The Hall–Kier alpha value is -5.71. The molecule has 0 saturated carbocycles. The number of amides is 4. The monoisotopic (exact) mass is 790 g/mol. The average Bonchev–Trinajstić information content (AvgIpc) is 3.59. The van der Waals surface area contributed by atoms with E-state index in [-0.39, 0.29) is 47.2 Å². The molecular weight excluding hydrogens is 745 g/mol. The van der Waals surface area contributed by atoms with Gasteiger partial charge < -0.3 is 29.4 Å². The lowest BCUT2D eigenvalue weighted by molar-refractivity contribution is -0.141. The number of imidazole rings is 1. The molecule has 3 aliphatic heterocycles. The number of benzene rings is 1. The van der Waals surface area contributed by atoms with Gasteiger partial charge in [-0.2, -0.15) is 13.2 Å². The summed E-state index contributed by atoms with van der Waals surface area (Å²) in [5.74, 6) is -0.100. The van der Waals surface area contributed by atoms with Gasteiger partial charge in [0.1, 0.15) is 46.4 Å². The highest BCUT2D eigenvalue weighted by atomic mass is 19.4. The molecule has 1 aromatic carbocycles. The lowest BCUT2D eigenvalue weighted by atomic mass is 9.94. The number of nitrogens with zero attached hydrogens (tertiary/aromatic N) is 5. The van der Waals surface area contributed by atoms with Gasteiger partial charge >= 0.3 is 6.18 Å². The number of carbonyl (C=O) groups excluding carboxylic acids is 4. The number of nitrogens with one attached hydrogen (secondary N) is 3. The zero-order valence-electron chi connectivity index (χ0n) is 31.7. The molecule has 7 rings (SSSR count). The van der Waals surface area contributed by atoms with Crippen LogP contribution in [0.2, 0.25) is 0 Å². The predicted molar refractivity (Wildman–Crippen MR) is 203 cm³/mol. The van der Waals surface area contributed by atoms with E-state index in [1.54, 1.807) is 16.7 Å². The normalized spacial score (nSPS) is 18.8. The molecule has 3 aliphatic rings. The maximum Gasteiger partial charge on any atom is 0.433 e. The first-order chi connectivity index (χ1) is 27.3. The van der Waals surface area contributed by atoms with Crippen molar-refractivity contribution in [1.29, 1.82) is 0 Å². The summed E-state index contributed by atoms with van der Waals surface area (Å²) in [5.41, 5.74) is 0.957. The van der Waals surface area contributed by atoms with Crippen molar-refractivity contribution in [2.75, 3.05) is 43.4 Å². The smallest absolute Gasteiger partial charge is 0.433 e. The van der Waals surface area contributed by atoms with Crippen molar-refractivity contribution in [2.45, 2.75) is 82.7 Å². The van der Waals surface area contributed by atoms with Crippen LogP contribution < -0.4 is 25.4 Å². The maximum absolute atomic E-state index is 13.3. The summed E-state index contributed by atoms with van der Waals surface area (Å²) in [6.07, 6.45) is 2.36. The first kappa shape index (κ1) is 39.5. The van der Waals surface area contributed by atoms with Crippen molar-refractivity contribution in [2.24, 2.45) is 0 Å². The van der Waals surface area contributed by atoms with Crippen LogP contribution in [0.3, 0.4) is 0 Å². The molecule has 3 N–H and O–H groups in total. The molecule has 4 amide bonds. The molecule has 17 heteroatoms. The molecule has 6 heterocycles. The summed E-state index contributed by atoms with van der Waals surface area (Å²) >= 11 is 0. The van der Waals surface area contributed by atoms with E-state index in [0.717, 1.165) is 62.3 Å². The zero-order valence-corrected chi connectivity index (χ0v) is 31.7. The van der Waals surface area contributed by atoms with Crippen molar-refractivity contribution in [1.82, 2.24) is 29.5 Å². The van der Waals surface area contributed by atoms with E-state index in [9.17, 15) is 32.3 Å². The zero-order chi connectivity index (χ0) is 40.3. The molecule has 14 nitrogen and oxygen atoms in total. The van der Waals surface area contributed by atoms with Gasteiger partial charge in [-0.05, 0) is 82.6 Å². The number of fused-ring (bicyclic) bond motifs is 1. The number of imide groups is 1. The number of alkyl halides is 3. The van der Waals surface area contributed by atoms with Crippen molar-refractivity contribution in [3.05, 3.63) is 78.0 Å². The maximum atomic E-state index is 13.3. The molecule has 1 atom stereocenters. The first-order valence-corrected chi connectivity index (χ1v) is 19.2. The highest BCUT2D eigenvalue weighted by Crippen LogP contribution is 2.33. The van der Waals surface area contributed by atoms with Gasteiger partial charge in [0.05, 0.1) is 18.3 Å². The number of hydrogen-bond acceptors (Lipinski definition) is 10. The Morgan fingerprint density at radius 3 is 2.37 bits per heavy atom. The molecule has 3 aromatic heterocycles. The molecule has 0 spiro atoms. The molecule has 1 unspecified atom stereocenters. The van der Waals surface area contributed by atoms with E-state index < -0.39 is 23.8 Å². The Morgan fingerprint density at radius 1 is 0.947 bits per heavy atom. The Labute approximate surface area is 327 Å². The van der Waals surface area contributed by atoms with Gasteiger partial charge in [-0.1, -0.05) is 6.07 Å². The second-order valence-electron chi connectivity index (χ2n) is 14.9. The van der Waals surface area contributed by atoms with Gasteiger partial charge in [0.25, 0.3) is 5.91 Å². The van der Waals surface area contributed by atoms with Crippen LogP contribution in [0.15, 0.2) is 60.9 Å². The molecular formula is C40H45F3N8O6. The van der Waals surface area contributed by atoms with Crippen molar-refractivity contribution in [3.8, 4) is 11.5 Å². The standard InChI is InChI=1S/C40H45F3N8O6/c1-24(2)56-33-20-35-46-31(21-51(35)22-32(33)47-38(54)29-4-3-5-34(45-29)40(41,42)43)25-12-16-49(17-13-25)23-37(53)50-18-14-28(15-19-50)57-27-8-6-26(7-9-27)44-30-10-11-36(52)48-39(30)55/h3-9,20-22,24-25,28,30,44H,10-19,23H2,1-2H3,(H,47,54)(H,48,52,55). The number of ether oxygens (including phenoxy) is 2. The second kappa shape index (κ2) is 16.8. The van der Waals surface area contributed by atoms with Crippen LogP contribution >= 0.6 is 0 Å². The number of aromatic nitrogens is 3. The number of anilines is 2. The number of halogens is 3. The van der Waals surface area contributed by atoms with E-state index in [2.05, 4.69) is 25.8 Å². The number of rotatable bonds is 11.